The van der Waals surface area contributed by atoms with Gasteiger partial charge in [-0.1, -0.05) is 22.9 Å². The molecule has 35 heavy (non-hydrogen) atoms. The fourth-order valence-corrected chi connectivity index (χ4v) is 5.20. The predicted octanol–water partition coefficient (Wildman–Crippen LogP) is 3.76. The second-order valence-electron chi connectivity index (χ2n) is 8.12. The van der Waals surface area contributed by atoms with Gasteiger partial charge in [-0.15, -0.1) is 5.10 Å². The van der Waals surface area contributed by atoms with E-state index in [9.17, 15) is 4.79 Å². The number of thiazole rings is 1. The molecule has 5 aromatic heterocycles. The summed E-state index contributed by atoms with van der Waals surface area (Å²) in [5.74, 6) is 0.683. The van der Waals surface area contributed by atoms with E-state index in [4.69, 9.17) is 16.3 Å². The van der Waals surface area contributed by atoms with Crippen molar-refractivity contribution in [2.75, 3.05) is 0 Å². The Balaban J connectivity index is 1.34. The van der Waals surface area contributed by atoms with Crippen LogP contribution in [0.15, 0.2) is 37.1 Å². The molecule has 5 aromatic rings. The Morgan fingerprint density at radius 3 is 2.91 bits per heavy atom. The Morgan fingerprint density at radius 1 is 1.20 bits per heavy atom. The lowest BCUT2D eigenvalue weighted by Gasteiger charge is -2.31. The minimum atomic E-state index is -0.216. The van der Waals surface area contributed by atoms with Crippen LogP contribution in [0.1, 0.15) is 41.5 Å². The lowest BCUT2D eigenvalue weighted by molar-refractivity contribution is 0.0920. The molecule has 14 heteroatoms. The summed E-state index contributed by atoms with van der Waals surface area (Å²) in [5, 5.41) is 17.2. The zero-order valence-corrected chi connectivity index (χ0v) is 19.8. The van der Waals surface area contributed by atoms with Crippen LogP contribution in [0, 0.1) is 0 Å². The standard InChI is InChI=1S/C21H19ClN10O2S/c22-16-9-24-20(35-16)19(33)28-11-2-1-3-12(6-11)32-15-7-13(18-25-10-27-31-18)23-8-14(15)29-21(32)34-17-4-5-26-30-17/h4-5,7-12H,1-3,6H2,(H,26,30)(H,28,33)(H,25,27,31)/t11-,12+/m0/s1. The molecule has 6 rings (SSSR count). The van der Waals surface area contributed by atoms with Gasteiger partial charge in [0, 0.05) is 24.3 Å². The van der Waals surface area contributed by atoms with E-state index < -0.39 is 0 Å². The van der Waals surface area contributed by atoms with Crippen LogP contribution < -0.4 is 10.1 Å². The molecule has 178 valence electrons. The minimum Gasteiger partial charge on any atom is -0.405 e. The number of ether oxygens (including phenoxy) is 1. The molecule has 0 spiro atoms. The number of carbonyl (C=O) groups excluding carboxylic acids is 1. The Bertz CT molecular complexity index is 1460. The van der Waals surface area contributed by atoms with E-state index in [1.54, 1.807) is 18.5 Å². The molecule has 0 aliphatic heterocycles. The predicted molar refractivity (Wildman–Crippen MR) is 127 cm³/mol. The Labute approximate surface area is 207 Å². The van der Waals surface area contributed by atoms with Crippen molar-refractivity contribution in [2.24, 2.45) is 0 Å². The van der Waals surface area contributed by atoms with Gasteiger partial charge >= 0.3 is 6.01 Å². The van der Waals surface area contributed by atoms with Crippen LogP contribution in [0.5, 0.6) is 11.9 Å². The molecule has 0 radical (unpaired) electrons. The Kier molecular flexibility index (Phi) is 5.62. The first-order chi connectivity index (χ1) is 17.1. The summed E-state index contributed by atoms with van der Waals surface area (Å²) >= 11 is 7.11. The van der Waals surface area contributed by atoms with Gasteiger partial charge in [-0.05, 0) is 31.7 Å². The molecule has 0 aromatic carbocycles. The maximum Gasteiger partial charge on any atom is 0.304 e. The molecule has 1 amide bonds. The van der Waals surface area contributed by atoms with Crippen LogP contribution in [0.2, 0.25) is 4.34 Å². The number of imidazole rings is 1. The number of nitrogens with zero attached hydrogens (tertiary/aromatic N) is 7. The average molecular weight is 511 g/mol. The van der Waals surface area contributed by atoms with Crippen LogP contribution in [-0.2, 0) is 0 Å². The smallest absolute Gasteiger partial charge is 0.304 e. The third-order valence-electron chi connectivity index (χ3n) is 5.88. The molecule has 1 fully saturated rings. The molecule has 5 heterocycles. The van der Waals surface area contributed by atoms with Crippen LogP contribution in [-0.4, -0.2) is 56.8 Å². The number of pyridine rings is 1. The van der Waals surface area contributed by atoms with Crippen LogP contribution in [0.25, 0.3) is 22.6 Å². The van der Waals surface area contributed by atoms with Gasteiger partial charge in [0.25, 0.3) is 5.91 Å². The summed E-state index contributed by atoms with van der Waals surface area (Å²) in [6, 6.07) is 4.03. The minimum absolute atomic E-state index is 0.0234. The topological polar surface area (TPSA) is 152 Å². The van der Waals surface area contributed by atoms with E-state index in [1.165, 1.54) is 23.9 Å². The number of hydrogen-bond donors (Lipinski definition) is 3. The number of aromatic nitrogens is 9. The molecule has 1 saturated carbocycles. The summed E-state index contributed by atoms with van der Waals surface area (Å²) in [5.41, 5.74) is 2.14. The molecular weight excluding hydrogens is 492 g/mol. The van der Waals surface area contributed by atoms with Gasteiger partial charge in [0.2, 0.25) is 5.88 Å². The van der Waals surface area contributed by atoms with Crippen molar-refractivity contribution < 1.29 is 9.53 Å². The fourth-order valence-electron chi connectivity index (χ4n) is 4.39. The first-order valence-electron chi connectivity index (χ1n) is 11.0. The Morgan fingerprint density at radius 2 is 2.14 bits per heavy atom. The third kappa shape index (κ3) is 4.35. The second kappa shape index (κ2) is 9.07. The van der Waals surface area contributed by atoms with Crippen LogP contribution in [0.3, 0.4) is 0 Å². The van der Waals surface area contributed by atoms with Crippen molar-refractivity contribution in [2.45, 2.75) is 37.8 Å². The van der Waals surface area contributed by atoms with Gasteiger partial charge in [0.1, 0.15) is 21.9 Å². The highest BCUT2D eigenvalue weighted by atomic mass is 35.5. The number of amides is 1. The first-order valence-corrected chi connectivity index (χ1v) is 12.2. The first kappa shape index (κ1) is 21.7. The molecular formula is C21H19ClN10O2S. The van der Waals surface area contributed by atoms with E-state index in [-0.39, 0.29) is 18.0 Å². The van der Waals surface area contributed by atoms with Gasteiger partial charge in [0.15, 0.2) is 10.8 Å². The molecule has 0 saturated heterocycles. The van der Waals surface area contributed by atoms with Crippen molar-refractivity contribution >= 4 is 39.9 Å². The highest BCUT2D eigenvalue weighted by Gasteiger charge is 2.29. The fraction of sp³-hybridized carbons (Fsp3) is 0.286. The number of hydrogen-bond acceptors (Lipinski definition) is 9. The lowest BCUT2D eigenvalue weighted by atomic mass is 9.90. The van der Waals surface area contributed by atoms with Crippen molar-refractivity contribution in [1.82, 2.24) is 50.2 Å². The number of rotatable bonds is 6. The average Bonchev–Trinajstić information content (AvgIpc) is 3.66. The maximum atomic E-state index is 12.7. The second-order valence-corrected chi connectivity index (χ2v) is 9.78. The highest BCUT2D eigenvalue weighted by molar-refractivity contribution is 7.17. The molecule has 1 aliphatic carbocycles. The third-order valence-corrected chi connectivity index (χ3v) is 6.99. The van der Waals surface area contributed by atoms with E-state index in [1.807, 2.05) is 6.07 Å². The van der Waals surface area contributed by atoms with Crippen LogP contribution in [0.4, 0.5) is 0 Å². The summed E-state index contributed by atoms with van der Waals surface area (Å²) < 4.78 is 8.58. The van der Waals surface area contributed by atoms with E-state index in [0.29, 0.717) is 44.7 Å². The molecule has 2 atom stereocenters. The monoisotopic (exact) mass is 510 g/mol. The number of aromatic amines is 2. The number of halogens is 1. The van der Waals surface area contributed by atoms with Crippen molar-refractivity contribution in [3.05, 3.63) is 46.4 Å². The number of fused-ring (bicyclic) bond motifs is 1. The van der Waals surface area contributed by atoms with Gasteiger partial charge in [-0.2, -0.15) is 10.1 Å². The lowest BCUT2D eigenvalue weighted by Crippen LogP contribution is -2.38. The van der Waals surface area contributed by atoms with Gasteiger partial charge in [-0.3, -0.25) is 24.5 Å². The van der Waals surface area contributed by atoms with Crippen molar-refractivity contribution in [3.63, 3.8) is 0 Å². The maximum absolute atomic E-state index is 12.7. The Hall–Kier alpha value is -3.84. The summed E-state index contributed by atoms with van der Waals surface area (Å²) in [6.45, 7) is 0. The zero-order chi connectivity index (χ0) is 23.8. The molecule has 1 aliphatic rings. The van der Waals surface area contributed by atoms with E-state index in [0.717, 1.165) is 24.8 Å². The zero-order valence-electron chi connectivity index (χ0n) is 18.2. The number of H-pyrrole nitrogens is 2. The SMILES string of the molecule is O=C(N[C@H]1CCC[C@@H](n2c(Oc3cc[nH]n3)nc3cnc(-c4nc[nH]n4)cc32)C1)c1ncc(Cl)s1. The summed E-state index contributed by atoms with van der Waals surface area (Å²) in [7, 11) is 0. The largest absolute Gasteiger partial charge is 0.405 e. The van der Waals surface area contributed by atoms with Gasteiger partial charge < -0.3 is 10.1 Å². The summed E-state index contributed by atoms with van der Waals surface area (Å²) in [6.07, 6.45) is 9.75. The quantitative estimate of drug-likeness (QED) is 0.312. The molecule has 0 bridgehead atoms. The number of nitrogens with one attached hydrogen (secondary N) is 3. The molecule has 0 unspecified atom stereocenters. The van der Waals surface area contributed by atoms with E-state index >= 15 is 0 Å². The van der Waals surface area contributed by atoms with Crippen molar-refractivity contribution in [3.8, 4) is 23.4 Å². The normalized spacial score (nSPS) is 18.1. The highest BCUT2D eigenvalue weighted by Crippen LogP contribution is 2.37. The van der Waals surface area contributed by atoms with Crippen molar-refractivity contribution in [1.29, 1.82) is 0 Å². The van der Waals surface area contributed by atoms with E-state index in [2.05, 4.69) is 50.2 Å². The van der Waals surface area contributed by atoms with Gasteiger partial charge in [0.05, 0.1) is 17.9 Å². The number of carbonyl (C=O) groups is 1. The van der Waals surface area contributed by atoms with Crippen LogP contribution >= 0.6 is 22.9 Å². The molecule has 3 N–H and O–H groups in total. The summed E-state index contributed by atoms with van der Waals surface area (Å²) in [4.78, 5) is 30.1. The molecule has 12 nitrogen and oxygen atoms in total. The van der Waals surface area contributed by atoms with Gasteiger partial charge in [-0.25, -0.2) is 9.97 Å².